The largest absolute Gasteiger partial charge is 0.366 e. The van der Waals surface area contributed by atoms with E-state index in [1.54, 1.807) is 0 Å². The minimum absolute atomic E-state index is 0.120. The van der Waals surface area contributed by atoms with E-state index in [0.29, 0.717) is 10.3 Å². The van der Waals surface area contributed by atoms with Crippen molar-refractivity contribution in [2.24, 2.45) is 0 Å². The number of hydrogen-bond acceptors (Lipinski definition) is 3. The van der Waals surface area contributed by atoms with E-state index >= 15 is 0 Å². The van der Waals surface area contributed by atoms with Crippen LogP contribution in [-0.2, 0) is 6.54 Å². The number of rotatable bonds is 2. The zero-order valence-electron chi connectivity index (χ0n) is 7.99. The zero-order chi connectivity index (χ0) is 11.7. The second-order valence-electron chi connectivity index (χ2n) is 3.15. The number of nitrogens with zero attached hydrogens (tertiary/aromatic N) is 3. The van der Waals surface area contributed by atoms with Crippen LogP contribution in [0.3, 0.4) is 0 Å². The average Bonchev–Trinajstić information content (AvgIpc) is 2.51. The lowest BCUT2D eigenvalue weighted by Gasteiger charge is -2.02. The van der Waals surface area contributed by atoms with E-state index in [1.807, 2.05) is 0 Å². The SMILES string of the molecule is Nc1nc(Br)n(Cc2ccc(F)c(F)c2)n1. The van der Waals surface area contributed by atoms with Gasteiger partial charge in [0.25, 0.3) is 0 Å². The van der Waals surface area contributed by atoms with Crippen molar-refractivity contribution in [3.05, 3.63) is 40.1 Å². The molecule has 0 unspecified atom stereocenters. The summed E-state index contributed by atoms with van der Waals surface area (Å²) >= 11 is 3.15. The third-order valence-electron chi connectivity index (χ3n) is 1.96. The van der Waals surface area contributed by atoms with E-state index in [-0.39, 0.29) is 12.5 Å². The molecule has 0 saturated carbocycles. The molecule has 0 bridgehead atoms. The molecule has 2 N–H and O–H groups in total. The van der Waals surface area contributed by atoms with Crippen molar-refractivity contribution in [3.63, 3.8) is 0 Å². The van der Waals surface area contributed by atoms with Crippen molar-refractivity contribution in [2.75, 3.05) is 5.73 Å². The Morgan fingerprint density at radius 1 is 1.31 bits per heavy atom. The molecule has 0 atom stereocenters. The fraction of sp³-hybridized carbons (Fsp3) is 0.111. The van der Waals surface area contributed by atoms with E-state index in [2.05, 4.69) is 26.0 Å². The molecule has 1 aromatic carbocycles. The van der Waals surface area contributed by atoms with Gasteiger partial charge in [-0.1, -0.05) is 6.07 Å². The Labute approximate surface area is 98.2 Å². The molecule has 4 nitrogen and oxygen atoms in total. The second-order valence-corrected chi connectivity index (χ2v) is 3.85. The van der Waals surface area contributed by atoms with Gasteiger partial charge in [0.2, 0.25) is 5.95 Å². The Morgan fingerprint density at radius 3 is 2.62 bits per heavy atom. The summed E-state index contributed by atoms with van der Waals surface area (Å²) in [5.41, 5.74) is 5.95. The predicted molar refractivity (Wildman–Crippen MR) is 57.6 cm³/mol. The molecule has 1 aromatic heterocycles. The summed E-state index contributed by atoms with van der Waals surface area (Å²) in [6.07, 6.45) is 0. The highest BCUT2D eigenvalue weighted by molar-refractivity contribution is 9.10. The number of benzene rings is 1. The Morgan fingerprint density at radius 2 is 2.06 bits per heavy atom. The van der Waals surface area contributed by atoms with Gasteiger partial charge in [0, 0.05) is 0 Å². The van der Waals surface area contributed by atoms with Gasteiger partial charge in [0.15, 0.2) is 16.4 Å². The first-order chi connectivity index (χ1) is 7.56. The molecule has 1 heterocycles. The van der Waals surface area contributed by atoms with Crippen molar-refractivity contribution in [1.29, 1.82) is 0 Å². The van der Waals surface area contributed by atoms with Crippen LogP contribution in [0.4, 0.5) is 14.7 Å². The minimum Gasteiger partial charge on any atom is -0.366 e. The molecule has 0 fully saturated rings. The quantitative estimate of drug-likeness (QED) is 0.919. The van der Waals surface area contributed by atoms with Crippen molar-refractivity contribution < 1.29 is 8.78 Å². The lowest BCUT2D eigenvalue weighted by molar-refractivity contribution is 0.505. The summed E-state index contributed by atoms with van der Waals surface area (Å²) in [4.78, 5) is 3.83. The van der Waals surface area contributed by atoms with Gasteiger partial charge in [0.05, 0.1) is 6.54 Å². The van der Waals surface area contributed by atoms with E-state index in [4.69, 9.17) is 5.73 Å². The standard InChI is InChI=1S/C9H7BrF2N4/c10-8-14-9(13)15-16(8)4-5-1-2-6(11)7(12)3-5/h1-3H,4H2,(H2,13,15). The minimum atomic E-state index is -0.887. The van der Waals surface area contributed by atoms with Crippen molar-refractivity contribution >= 4 is 21.9 Å². The van der Waals surface area contributed by atoms with E-state index in [0.717, 1.165) is 12.1 Å². The number of nitrogens with two attached hydrogens (primary N) is 1. The van der Waals surface area contributed by atoms with Gasteiger partial charge in [-0.05, 0) is 33.6 Å². The molecule has 7 heteroatoms. The molecule has 0 radical (unpaired) electrons. The summed E-state index contributed by atoms with van der Waals surface area (Å²) in [7, 11) is 0. The zero-order valence-corrected chi connectivity index (χ0v) is 9.58. The molecule has 0 aliphatic heterocycles. The Kier molecular flexibility index (Phi) is 2.86. The lowest BCUT2D eigenvalue weighted by atomic mass is 10.2. The highest BCUT2D eigenvalue weighted by atomic mass is 79.9. The molecule has 0 aliphatic carbocycles. The first kappa shape index (κ1) is 11.0. The number of hydrogen-bond donors (Lipinski definition) is 1. The van der Waals surface area contributed by atoms with Crippen LogP contribution in [0.1, 0.15) is 5.56 Å². The molecule has 2 rings (SSSR count). The van der Waals surface area contributed by atoms with E-state index < -0.39 is 11.6 Å². The third kappa shape index (κ3) is 2.19. The van der Waals surface area contributed by atoms with Crippen molar-refractivity contribution in [2.45, 2.75) is 6.54 Å². The van der Waals surface area contributed by atoms with Crippen LogP contribution in [0.5, 0.6) is 0 Å². The summed E-state index contributed by atoms with van der Waals surface area (Å²) < 4.78 is 27.5. The summed E-state index contributed by atoms with van der Waals surface area (Å²) in [6, 6.07) is 3.65. The maximum atomic E-state index is 12.9. The number of aromatic nitrogens is 3. The van der Waals surface area contributed by atoms with Crippen LogP contribution in [-0.4, -0.2) is 14.8 Å². The molecule has 2 aromatic rings. The van der Waals surface area contributed by atoms with Gasteiger partial charge in [-0.2, -0.15) is 4.98 Å². The highest BCUT2D eigenvalue weighted by Gasteiger charge is 2.07. The molecule has 0 spiro atoms. The van der Waals surface area contributed by atoms with Gasteiger partial charge >= 0.3 is 0 Å². The molecule has 0 amide bonds. The maximum absolute atomic E-state index is 12.9. The number of halogens is 3. The lowest BCUT2D eigenvalue weighted by Crippen LogP contribution is -2.03. The topological polar surface area (TPSA) is 56.7 Å². The summed E-state index contributed by atoms with van der Waals surface area (Å²) in [6.45, 7) is 0.266. The van der Waals surface area contributed by atoms with Gasteiger partial charge in [-0.3, -0.25) is 0 Å². The smallest absolute Gasteiger partial charge is 0.240 e. The van der Waals surface area contributed by atoms with E-state index in [9.17, 15) is 8.78 Å². The Hall–Kier alpha value is -1.50. The highest BCUT2D eigenvalue weighted by Crippen LogP contribution is 2.13. The van der Waals surface area contributed by atoms with Crippen LogP contribution in [0.15, 0.2) is 22.9 Å². The molecule has 0 aliphatic rings. The first-order valence-electron chi connectivity index (χ1n) is 4.36. The first-order valence-corrected chi connectivity index (χ1v) is 5.15. The van der Waals surface area contributed by atoms with Gasteiger partial charge in [-0.25, -0.2) is 13.5 Å². The second kappa shape index (κ2) is 4.17. The fourth-order valence-corrected chi connectivity index (χ4v) is 1.64. The van der Waals surface area contributed by atoms with E-state index in [1.165, 1.54) is 10.7 Å². The van der Waals surface area contributed by atoms with Gasteiger partial charge in [-0.15, -0.1) is 5.10 Å². The van der Waals surface area contributed by atoms with Gasteiger partial charge < -0.3 is 5.73 Å². The maximum Gasteiger partial charge on any atom is 0.240 e. The molecule has 0 saturated heterocycles. The van der Waals surface area contributed by atoms with Crippen LogP contribution >= 0.6 is 15.9 Å². The fourth-order valence-electron chi connectivity index (χ4n) is 1.25. The number of anilines is 1. The molecule has 16 heavy (non-hydrogen) atoms. The normalized spacial score (nSPS) is 10.7. The summed E-state index contributed by atoms with van der Waals surface area (Å²) in [5.74, 6) is -1.64. The molecular formula is C9H7BrF2N4. The third-order valence-corrected chi connectivity index (χ3v) is 2.55. The molecular weight excluding hydrogens is 282 g/mol. The van der Waals surface area contributed by atoms with Crippen LogP contribution in [0.25, 0.3) is 0 Å². The average molecular weight is 289 g/mol. The van der Waals surface area contributed by atoms with Crippen LogP contribution in [0.2, 0.25) is 0 Å². The van der Waals surface area contributed by atoms with Gasteiger partial charge in [0.1, 0.15) is 0 Å². The molecule has 84 valence electrons. The summed E-state index contributed by atoms with van der Waals surface area (Å²) in [5, 5.41) is 3.88. The van der Waals surface area contributed by atoms with Crippen LogP contribution in [0, 0.1) is 11.6 Å². The number of nitrogen functional groups attached to an aromatic ring is 1. The van der Waals surface area contributed by atoms with Crippen LogP contribution < -0.4 is 5.73 Å². The Bertz CT molecular complexity index is 526. The predicted octanol–water partition coefficient (Wildman–Crippen LogP) is 1.95. The van der Waals surface area contributed by atoms with Crippen molar-refractivity contribution in [1.82, 2.24) is 14.8 Å². The van der Waals surface area contributed by atoms with Crippen molar-refractivity contribution in [3.8, 4) is 0 Å². The Balaban J connectivity index is 2.27. The monoisotopic (exact) mass is 288 g/mol.